The number of aromatic nitrogens is 1. The molecule has 1 aliphatic carbocycles. The first-order valence-electron chi connectivity index (χ1n) is 9.09. The smallest absolute Gasteiger partial charge is 0.265 e. The number of amides is 2. The predicted octanol–water partition coefficient (Wildman–Crippen LogP) is 4.12. The normalized spacial score (nSPS) is 23.4. The number of hydrogen-bond acceptors (Lipinski definition) is 5. The van der Waals surface area contributed by atoms with Gasteiger partial charge in [0.25, 0.3) is 5.91 Å². The van der Waals surface area contributed by atoms with Crippen molar-refractivity contribution in [2.45, 2.75) is 37.2 Å². The Morgan fingerprint density at radius 3 is 2.86 bits per heavy atom. The molecule has 3 unspecified atom stereocenters. The Labute approximate surface area is 176 Å². The van der Waals surface area contributed by atoms with Crippen LogP contribution in [0.1, 0.15) is 40.5 Å². The van der Waals surface area contributed by atoms with E-state index in [0.717, 1.165) is 24.2 Å². The Hall–Kier alpha value is -1.90. The molecule has 3 atom stereocenters. The molecule has 1 saturated carbocycles. The third-order valence-electron chi connectivity index (χ3n) is 5.32. The van der Waals surface area contributed by atoms with Gasteiger partial charge in [-0.05, 0) is 49.2 Å². The number of benzene rings is 1. The minimum absolute atomic E-state index is 0.0224. The lowest BCUT2D eigenvalue weighted by Crippen LogP contribution is -2.41. The van der Waals surface area contributed by atoms with Crippen LogP contribution in [0, 0.1) is 9.87 Å². The Morgan fingerprint density at radius 1 is 1.39 bits per heavy atom. The Balaban J connectivity index is 1.56. The molecule has 4 rings (SSSR count). The van der Waals surface area contributed by atoms with Crippen molar-refractivity contribution >= 4 is 52.8 Å². The molecular formula is C19H20ClN3O3S2. The highest BCUT2D eigenvalue weighted by molar-refractivity contribution is 7.73. The number of fused-ring (bicyclic) bond motifs is 3. The largest absolute Gasteiger partial charge is 0.497 e. The van der Waals surface area contributed by atoms with Crippen molar-refractivity contribution in [2.24, 2.45) is 5.92 Å². The molecule has 1 fully saturated rings. The summed E-state index contributed by atoms with van der Waals surface area (Å²) < 4.78 is 7.65. The highest BCUT2D eigenvalue weighted by atomic mass is 35.5. The number of thiazole rings is 1. The summed E-state index contributed by atoms with van der Waals surface area (Å²) in [5.74, 6) is 0.818. The minimum Gasteiger partial charge on any atom is -0.497 e. The van der Waals surface area contributed by atoms with E-state index in [1.165, 1.54) is 11.3 Å². The molecule has 6 nitrogen and oxygen atoms in total. The van der Waals surface area contributed by atoms with Crippen LogP contribution in [0.5, 0.6) is 5.75 Å². The van der Waals surface area contributed by atoms with Gasteiger partial charge >= 0.3 is 0 Å². The van der Waals surface area contributed by atoms with Gasteiger partial charge in [-0.15, -0.1) is 11.6 Å². The molecule has 2 heterocycles. The molecule has 0 spiro atoms. The van der Waals surface area contributed by atoms with Gasteiger partial charge < -0.3 is 19.9 Å². The van der Waals surface area contributed by atoms with Crippen molar-refractivity contribution in [3.63, 3.8) is 0 Å². The fraction of sp³-hybridized carbons (Fsp3) is 0.421. The molecule has 2 amide bonds. The average Bonchev–Trinajstić information content (AvgIpc) is 3.03. The van der Waals surface area contributed by atoms with Gasteiger partial charge in [0, 0.05) is 11.9 Å². The van der Waals surface area contributed by atoms with Crippen LogP contribution in [-0.2, 0) is 11.3 Å². The number of nitrogens with one attached hydrogen (secondary N) is 2. The number of hydrogen-bond donors (Lipinski definition) is 2. The summed E-state index contributed by atoms with van der Waals surface area (Å²) in [6.45, 7) is 0.372. The monoisotopic (exact) mass is 437 g/mol. The average molecular weight is 438 g/mol. The number of carbonyl (C=O) groups excluding carboxylic acids is 2. The van der Waals surface area contributed by atoms with E-state index in [2.05, 4.69) is 10.6 Å². The maximum Gasteiger partial charge on any atom is 0.265 e. The maximum atomic E-state index is 12.8. The molecule has 0 radical (unpaired) electrons. The van der Waals surface area contributed by atoms with Crippen molar-refractivity contribution in [2.75, 3.05) is 12.4 Å². The third kappa shape index (κ3) is 3.56. The van der Waals surface area contributed by atoms with Gasteiger partial charge in [-0.3, -0.25) is 9.59 Å². The molecule has 1 aliphatic heterocycles. The number of nitrogens with zero attached hydrogens (tertiary/aromatic N) is 1. The molecule has 148 valence electrons. The summed E-state index contributed by atoms with van der Waals surface area (Å²) in [5, 5.41) is 5.83. The van der Waals surface area contributed by atoms with E-state index >= 15 is 0 Å². The highest BCUT2D eigenvalue weighted by Crippen LogP contribution is 2.44. The zero-order valence-electron chi connectivity index (χ0n) is 15.2. The van der Waals surface area contributed by atoms with Crippen molar-refractivity contribution in [1.82, 2.24) is 9.88 Å². The summed E-state index contributed by atoms with van der Waals surface area (Å²) in [6.07, 6.45) is 2.24. The first-order valence-corrected chi connectivity index (χ1v) is 10.8. The Kier molecular flexibility index (Phi) is 5.44. The zero-order chi connectivity index (χ0) is 19.8. The van der Waals surface area contributed by atoms with Gasteiger partial charge in [0.2, 0.25) is 5.91 Å². The summed E-state index contributed by atoms with van der Waals surface area (Å²) in [5.41, 5.74) is 0.951. The van der Waals surface area contributed by atoms with Crippen LogP contribution in [0.25, 0.3) is 0 Å². The van der Waals surface area contributed by atoms with E-state index in [0.29, 0.717) is 27.6 Å². The number of carbonyl (C=O) groups is 2. The molecule has 0 bridgehead atoms. The van der Waals surface area contributed by atoms with Crippen LogP contribution in [0.3, 0.4) is 0 Å². The van der Waals surface area contributed by atoms with E-state index in [1.54, 1.807) is 7.11 Å². The Bertz CT molecular complexity index is 970. The minimum atomic E-state index is -0.252. The maximum absolute atomic E-state index is 12.8. The first-order chi connectivity index (χ1) is 13.5. The van der Waals surface area contributed by atoms with Crippen LogP contribution in [0.4, 0.5) is 5.82 Å². The molecule has 2 N–H and O–H groups in total. The van der Waals surface area contributed by atoms with E-state index in [9.17, 15) is 9.59 Å². The van der Waals surface area contributed by atoms with Crippen molar-refractivity contribution < 1.29 is 14.3 Å². The third-order valence-corrected chi connectivity index (χ3v) is 7.12. The van der Waals surface area contributed by atoms with Crippen LogP contribution in [0.2, 0.25) is 0 Å². The second-order valence-corrected chi connectivity index (χ2v) is 9.28. The lowest BCUT2D eigenvalue weighted by Gasteiger charge is -2.38. The van der Waals surface area contributed by atoms with Crippen molar-refractivity contribution in [3.05, 3.63) is 38.7 Å². The fourth-order valence-electron chi connectivity index (χ4n) is 3.86. The molecule has 2 aliphatic rings. The zero-order valence-corrected chi connectivity index (χ0v) is 17.6. The van der Waals surface area contributed by atoms with E-state index in [-0.39, 0.29) is 29.2 Å². The first kappa shape index (κ1) is 19.4. The van der Waals surface area contributed by atoms with Gasteiger partial charge in [-0.25, -0.2) is 0 Å². The Morgan fingerprint density at radius 2 is 2.14 bits per heavy atom. The van der Waals surface area contributed by atoms with Crippen LogP contribution in [-0.4, -0.2) is 28.9 Å². The molecule has 1 aromatic carbocycles. The number of ether oxygens (including phenoxy) is 1. The standard InChI is InChI=1S/C19H20ClN3O3S2/c1-26-12-5-2-10(3-6-12)9-21-18(25)15-16-22-17(24)13-7-4-11(20)8-14(13)23(16)19(27)28-15/h2-3,5-6,11,13-14H,4,7-9H2,1H3,(H,21,25)(H,22,24). The second kappa shape index (κ2) is 7.85. The van der Waals surface area contributed by atoms with Crippen LogP contribution >= 0.6 is 35.2 Å². The summed E-state index contributed by atoms with van der Waals surface area (Å²) in [7, 11) is 1.61. The lowest BCUT2D eigenvalue weighted by atomic mass is 9.82. The predicted molar refractivity (Wildman–Crippen MR) is 112 cm³/mol. The molecule has 9 heteroatoms. The van der Waals surface area contributed by atoms with Gasteiger partial charge in [0.1, 0.15) is 16.4 Å². The summed E-state index contributed by atoms with van der Waals surface area (Å²) >= 11 is 13.1. The second-order valence-electron chi connectivity index (χ2n) is 7.02. The molecule has 28 heavy (non-hydrogen) atoms. The summed E-state index contributed by atoms with van der Waals surface area (Å²) in [6, 6.07) is 7.40. The SMILES string of the molecule is COc1ccc(CNC(=O)c2sc(=S)n3c2NC(=O)C2CCC(Cl)CC23)cc1. The van der Waals surface area contributed by atoms with Gasteiger partial charge in [0.15, 0.2) is 3.95 Å². The van der Waals surface area contributed by atoms with E-state index in [4.69, 9.17) is 28.6 Å². The van der Waals surface area contributed by atoms with Crippen LogP contribution in [0.15, 0.2) is 24.3 Å². The van der Waals surface area contributed by atoms with Crippen molar-refractivity contribution in [3.8, 4) is 5.75 Å². The fourth-order valence-corrected chi connectivity index (χ4v) is 5.56. The van der Waals surface area contributed by atoms with Crippen LogP contribution < -0.4 is 15.4 Å². The highest BCUT2D eigenvalue weighted by Gasteiger charge is 2.42. The quantitative estimate of drug-likeness (QED) is 0.557. The molecule has 2 aromatic rings. The molecular weight excluding hydrogens is 418 g/mol. The van der Waals surface area contributed by atoms with Crippen molar-refractivity contribution in [1.29, 1.82) is 0 Å². The number of methoxy groups -OCH3 is 1. The van der Waals surface area contributed by atoms with E-state index in [1.807, 2.05) is 28.8 Å². The van der Waals surface area contributed by atoms with Gasteiger partial charge in [-0.1, -0.05) is 23.5 Å². The summed E-state index contributed by atoms with van der Waals surface area (Å²) in [4.78, 5) is 25.8. The topological polar surface area (TPSA) is 72.4 Å². The van der Waals surface area contributed by atoms with Gasteiger partial charge in [-0.2, -0.15) is 0 Å². The van der Waals surface area contributed by atoms with E-state index < -0.39 is 0 Å². The number of halogens is 1. The molecule has 0 saturated heterocycles. The number of alkyl halides is 1. The van der Waals surface area contributed by atoms with Gasteiger partial charge in [0.05, 0.1) is 19.1 Å². The lowest BCUT2D eigenvalue weighted by molar-refractivity contribution is -0.123. The number of rotatable bonds is 4. The molecule has 1 aromatic heterocycles. The number of anilines is 1.